The van der Waals surface area contributed by atoms with Gasteiger partial charge in [-0.2, -0.15) is 0 Å². The van der Waals surface area contributed by atoms with E-state index in [9.17, 15) is 0 Å². The standard InChI is InChI=1S/C78H80N2/c1-13-53-41-65(42-54(14-2)67(53)17-5)79(63-35-47(7)51(11)48(8)36-63)75-45-73(61-29-27-57-23-19-21-25-59(57)39-61)69-32-34-72-76(46-74(70-31-33-71(75)77(69)78(70)72)62-30-28-58-24-20-22-26-60(58)40-62)80(64-37-49(9)52(12)50(10)38-64)66-43-55(15-3)68(18-6)56(16-4)44-66/h19-37,39,41-46,62,64H,13-18,38,40H2,1-12H3. The van der Waals surface area contributed by atoms with E-state index in [2.05, 4.69) is 251 Å². The smallest absolute Gasteiger partial charge is 0.0565 e. The summed E-state index contributed by atoms with van der Waals surface area (Å²) >= 11 is 0. The van der Waals surface area contributed by atoms with Crippen LogP contribution in [0.2, 0.25) is 0 Å². The summed E-state index contributed by atoms with van der Waals surface area (Å²) in [5.74, 6) is 0.175. The molecule has 0 radical (unpaired) electrons. The Hall–Kier alpha value is -7.68. The Bertz CT molecular complexity index is 4100. The van der Waals surface area contributed by atoms with Crippen molar-refractivity contribution in [1.82, 2.24) is 0 Å². The van der Waals surface area contributed by atoms with Gasteiger partial charge in [-0.15, -0.1) is 0 Å². The molecule has 0 saturated carbocycles. The summed E-state index contributed by atoms with van der Waals surface area (Å²) in [7, 11) is 0. The number of allylic oxidation sites excluding steroid dienone is 3. The first kappa shape index (κ1) is 53.0. The molecule has 12 rings (SSSR count). The van der Waals surface area contributed by atoms with Gasteiger partial charge in [-0.25, -0.2) is 0 Å². The molecule has 2 heteroatoms. The molecule has 402 valence electrons. The van der Waals surface area contributed by atoms with Gasteiger partial charge >= 0.3 is 0 Å². The van der Waals surface area contributed by atoms with Gasteiger partial charge < -0.3 is 9.80 Å². The number of nitrogens with zero attached hydrogens (tertiary/aromatic N) is 2. The van der Waals surface area contributed by atoms with Gasteiger partial charge in [0.1, 0.15) is 0 Å². The summed E-state index contributed by atoms with van der Waals surface area (Å²) < 4.78 is 0. The van der Waals surface area contributed by atoms with Crippen molar-refractivity contribution in [3.63, 3.8) is 0 Å². The predicted octanol–water partition coefficient (Wildman–Crippen LogP) is 21.7. The van der Waals surface area contributed by atoms with E-state index in [-0.39, 0.29) is 12.0 Å². The van der Waals surface area contributed by atoms with Gasteiger partial charge in [-0.05, 0) is 258 Å². The lowest BCUT2D eigenvalue weighted by molar-refractivity contribution is 0.739. The maximum absolute atomic E-state index is 2.79. The number of hydrogen-bond donors (Lipinski definition) is 0. The lowest BCUT2D eigenvalue weighted by Gasteiger charge is -2.38. The Morgan fingerprint density at radius 3 is 1.68 bits per heavy atom. The van der Waals surface area contributed by atoms with Crippen LogP contribution in [-0.2, 0) is 44.9 Å². The first-order valence-electron chi connectivity index (χ1n) is 30.2. The fourth-order valence-corrected chi connectivity index (χ4v) is 14.4. The molecule has 0 heterocycles. The van der Waals surface area contributed by atoms with E-state index in [1.165, 1.54) is 166 Å². The molecular formula is C78H80N2. The molecule has 0 N–H and O–H groups in total. The highest BCUT2D eigenvalue weighted by molar-refractivity contribution is 6.31. The lowest BCUT2D eigenvalue weighted by Crippen LogP contribution is -2.32. The summed E-state index contributed by atoms with van der Waals surface area (Å²) in [5, 5.41) is 10.4. The first-order valence-corrected chi connectivity index (χ1v) is 30.2. The van der Waals surface area contributed by atoms with E-state index >= 15 is 0 Å². The van der Waals surface area contributed by atoms with Crippen molar-refractivity contribution in [2.75, 3.05) is 9.80 Å². The van der Waals surface area contributed by atoms with Crippen molar-refractivity contribution in [1.29, 1.82) is 0 Å². The minimum Gasteiger partial charge on any atom is -0.334 e. The highest BCUT2D eigenvalue weighted by atomic mass is 15.2. The Kier molecular flexibility index (Phi) is 14.2. The van der Waals surface area contributed by atoms with Crippen LogP contribution in [0.15, 0.2) is 168 Å². The Morgan fingerprint density at radius 2 is 1.04 bits per heavy atom. The van der Waals surface area contributed by atoms with Gasteiger partial charge in [-0.3, -0.25) is 0 Å². The maximum Gasteiger partial charge on any atom is 0.0565 e. The lowest BCUT2D eigenvalue weighted by atomic mass is 9.80. The van der Waals surface area contributed by atoms with E-state index in [0.29, 0.717) is 0 Å². The normalized spacial score (nSPS) is 15.4. The van der Waals surface area contributed by atoms with Crippen LogP contribution >= 0.6 is 0 Å². The molecule has 0 fully saturated rings. The van der Waals surface area contributed by atoms with Gasteiger partial charge in [-0.1, -0.05) is 156 Å². The monoisotopic (exact) mass is 1040 g/mol. The largest absolute Gasteiger partial charge is 0.334 e. The summed E-state index contributed by atoms with van der Waals surface area (Å²) in [6.07, 6.45) is 15.4. The van der Waals surface area contributed by atoms with Crippen LogP contribution in [0.5, 0.6) is 0 Å². The molecule has 2 nitrogen and oxygen atoms in total. The average Bonchev–Trinajstić information content (AvgIpc) is 3.58. The number of aryl methyl sites for hydroxylation is 6. The van der Waals surface area contributed by atoms with Crippen molar-refractivity contribution in [3.05, 3.63) is 235 Å². The molecule has 10 aromatic rings. The van der Waals surface area contributed by atoms with E-state index < -0.39 is 0 Å². The number of hydrogen-bond acceptors (Lipinski definition) is 2. The molecule has 0 spiro atoms. The first-order chi connectivity index (χ1) is 38.9. The Balaban J connectivity index is 1.26. The van der Waals surface area contributed by atoms with Crippen LogP contribution in [0.1, 0.15) is 141 Å². The summed E-state index contributed by atoms with van der Waals surface area (Å²) in [4.78, 5) is 5.43. The van der Waals surface area contributed by atoms with Crippen molar-refractivity contribution < 1.29 is 0 Å². The van der Waals surface area contributed by atoms with Crippen LogP contribution < -0.4 is 9.80 Å². The quantitative estimate of drug-likeness (QED) is 0.100. The fourth-order valence-electron chi connectivity index (χ4n) is 14.4. The van der Waals surface area contributed by atoms with Crippen molar-refractivity contribution >= 4 is 77.6 Å². The molecule has 0 aliphatic heterocycles. The van der Waals surface area contributed by atoms with Crippen LogP contribution in [-0.4, -0.2) is 6.04 Å². The second-order valence-corrected chi connectivity index (χ2v) is 23.5. The molecule has 2 aliphatic carbocycles. The molecule has 10 aromatic carbocycles. The second kappa shape index (κ2) is 21.4. The van der Waals surface area contributed by atoms with Crippen molar-refractivity contribution in [3.8, 4) is 11.1 Å². The highest BCUT2D eigenvalue weighted by Gasteiger charge is 2.32. The van der Waals surface area contributed by atoms with Crippen LogP contribution in [0.4, 0.5) is 28.4 Å². The van der Waals surface area contributed by atoms with Crippen molar-refractivity contribution in [2.24, 2.45) is 0 Å². The minimum atomic E-state index is 0.119. The zero-order valence-corrected chi connectivity index (χ0v) is 49.7. The topological polar surface area (TPSA) is 6.48 Å². The molecular weight excluding hydrogens is 965 g/mol. The number of anilines is 5. The molecule has 0 saturated heterocycles. The zero-order valence-electron chi connectivity index (χ0n) is 49.7. The fraction of sp³-hybridized carbons (Fsp3) is 0.282. The van der Waals surface area contributed by atoms with Crippen molar-refractivity contribution in [2.45, 2.75) is 146 Å². The summed E-state index contributed by atoms with van der Waals surface area (Å²) in [6.45, 7) is 27.9. The second-order valence-electron chi connectivity index (χ2n) is 23.5. The highest BCUT2D eigenvalue weighted by Crippen LogP contribution is 2.53. The SMILES string of the molecule is CCc1cc(N(c2cc(C)c(C)c(C)c2)c2cc(-c3ccc4ccccc4c3)c3ccc4c(N(c5cc(CC)c(CC)c(CC)c5)C5C=C(C)C(C)=C(C)C5)cc(C5C=Cc6ccccc6C5)c5ccc2c3c54)cc(CC)c1CC. The molecule has 2 atom stereocenters. The molecule has 0 amide bonds. The number of fused-ring (bicyclic) bond motifs is 2. The van der Waals surface area contributed by atoms with Gasteiger partial charge in [0.2, 0.25) is 0 Å². The van der Waals surface area contributed by atoms with E-state index in [0.717, 1.165) is 51.4 Å². The third kappa shape index (κ3) is 8.95. The third-order valence-corrected chi connectivity index (χ3v) is 19.1. The number of benzene rings is 10. The molecule has 0 aromatic heterocycles. The predicted molar refractivity (Wildman–Crippen MR) is 349 cm³/mol. The van der Waals surface area contributed by atoms with Gasteiger partial charge in [0.15, 0.2) is 0 Å². The summed E-state index contributed by atoms with van der Waals surface area (Å²) in [6, 6.07) is 55.4. The Labute approximate surface area is 477 Å². The summed E-state index contributed by atoms with van der Waals surface area (Å²) in [5.41, 5.74) is 29.9. The molecule has 80 heavy (non-hydrogen) atoms. The number of rotatable bonds is 14. The van der Waals surface area contributed by atoms with Crippen LogP contribution in [0.25, 0.3) is 60.3 Å². The van der Waals surface area contributed by atoms with E-state index in [1.54, 1.807) is 0 Å². The Morgan fingerprint density at radius 1 is 0.475 bits per heavy atom. The van der Waals surface area contributed by atoms with E-state index in [1.807, 2.05) is 0 Å². The molecule has 2 unspecified atom stereocenters. The zero-order chi connectivity index (χ0) is 55.7. The average molecular weight is 1050 g/mol. The minimum absolute atomic E-state index is 0.119. The molecule has 2 aliphatic rings. The van der Waals surface area contributed by atoms with Crippen LogP contribution in [0, 0.1) is 20.8 Å². The molecule has 0 bridgehead atoms. The van der Waals surface area contributed by atoms with Crippen LogP contribution in [0.3, 0.4) is 0 Å². The van der Waals surface area contributed by atoms with E-state index in [4.69, 9.17) is 0 Å². The van der Waals surface area contributed by atoms with Gasteiger partial charge in [0, 0.05) is 44.8 Å². The maximum atomic E-state index is 2.79. The van der Waals surface area contributed by atoms with Gasteiger partial charge in [0.25, 0.3) is 0 Å². The third-order valence-electron chi connectivity index (χ3n) is 19.1. The van der Waals surface area contributed by atoms with Gasteiger partial charge in [0.05, 0.1) is 11.7 Å².